The SMILES string of the molecule is Cc1ccc(CC(=O)N[C@H](C)C(=O)O)s1. The van der Waals surface area contributed by atoms with Crippen molar-refractivity contribution in [3.05, 3.63) is 21.9 Å². The Kier molecular flexibility index (Phi) is 3.85. The molecule has 1 heterocycles. The number of carboxylic acid groups (broad SMARTS) is 1. The number of hydrogen-bond donors (Lipinski definition) is 2. The van der Waals surface area contributed by atoms with Crippen molar-refractivity contribution in [2.75, 3.05) is 0 Å². The summed E-state index contributed by atoms with van der Waals surface area (Å²) >= 11 is 1.54. The quantitative estimate of drug-likeness (QED) is 0.812. The number of aliphatic carboxylic acids is 1. The number of amides is 1. The topological polar surface area (TPSA) is 66.4 Å². The second-order valence-electron chi connectivity index (χ2n) is 3.32. The van der Waals surface area contributed by atoms with Gasteiger partial charge in [0.15, 0.2) is 0 Å². The van der Waals surface area contributed by atoms with Gasteiger partial charge in [-0.15, -0.1) is 11.3 Å². The molecular formula is C10H13NO3S. The predicted molar refractivity (Wildman–Crippen MR) is 58.0 cm³/mol. The van der Waals surface area contributed by atoms with E-state index in [4.69, 9.17) is 5.11 Å². The molecule has 0 saturated carbocycles. The predicted octanol–water partition coefficient (Wildman–Crippen LogP) is 1.19. The third kappa shape index (κ3) is 3.71. The number of hydrogen-bond acceptors (Lipinski definition) is 3. The van der Waals surface area contributed by atoms with Crippen LogP contribution >= 0.6 is 11.3 Å². The van der Waals surface area contributed by atoms with E-state index in [1.54, 1.807) is 11.3 Å². The molecule has 5 heteroatoms. The Hall–Kier alpha value is -1.36. The van der Waals surface area contributed by atoms with Crippen LogP contribution in [-0.4, -0.2) is 23.0 Å². The minimum Gasteiger partial charge on any atom is -0.480 e. The zero-order valence-corrected chi connectivity index (χ0v) is 9.43. The largest absolute Gasteiger partial charge is 0.480 e. The van der Waals surface area contributed by atoms with Crippen molar-refractivity contribution in [1.82, 2.24) is 5.32 Å². The third-order valence-electron chi connectivity index (χ3n) is 1.88. The number of rotatable bonds is 4. The van der Waals surface area contributed by atoms with E-state index in [0.717, 1.165) is 9.75 Å². The van der Waals surface area contributed by atoms with E-state index < -0.39 is 12.0 Å². The molecule has 0 aliphatic rings. The number of carbonyl (C=O) groups is 2. The van der Waals surface area contributed by atoms with Crippen LogP contribution < -0.4 is 5.32 Å². The van der Waals surface area contributed by atoms with E-state index in [1.165, 1.54) is 6.92 Å². The van der Waals surface area contributed by atoms with Gasteiger partial charge in [0.25, 0.3) is 0 Å². The molecule has 0 saturated heterocycles. The van der Waals surface area contributed by atoms with E-state index in [1.807, 2.05) is 19.1 Å². The highest BCUT2D eigenvalue weighted by molar-refractivity contribution is 7.12. The summed E-state index contributed by atoms with van der Waals surface area (Å²) in [4.78, 5) is 23.9. The van der Waals surface area contributed by atoms with Gasteiger partial charge in [-0.2, -0.15) is 0 Å². The zero-order valence-electron chi connectivity index (χ0n) is 8.61. The van der Waals surface area contributed by atoms with Crippen LogP contribution in [0.2, 0.25) is 0 Å². The van der Waals surface area contributed by atoms with E-state index in [0.29, 0.717) is 0 Å². The van der Waals surface area contributed by atoms with Gasteiger partial charge in [-0.3, -0.25) is 9.59 Å². The molecule has 1 aromatic rings. The first-order valence-corrected chi connectivity index (χ1v) is 5.38. The van der Waals surface area contributed by atoms with Crippen molar-refractivity contribution in [3.8, 4) is 0 Å². The molecule has 0 aliphatic heterocycles. The molecule has 1 amide bonds. The first kappa shape index (κ1) is 11.7. The number of aryl methyl sites for hydroxylation is 1. The van der Waals surface area contributed by atoms with Gasteiger partial charge < -0.3 is 10.4 Å². The average Bonchev–Trinajstić information content (AvgIpc) is 2.50. The van der Waals surface area contributed by atoms with Gasteiger partial charge in [0, 0.05) is 9.75 Å². The van der Waals surface area contributed by atoms with Gasteiger partial charge in [-0.05, 0) is 26.0 Å². The summed E-state index contributed by atoms with van der Waals surface area (Å²) in [5.41, 5.74) is 0. The maximum absolute atomic E-state index is 11.4. The third-order valence-corrected chi connectivity index (χ3v) is 2.88. The van der Waals surface area contributed by atoms with Crippen LogP contribution in [0.5, 0.6) is 0 Å². The monoisotopic (exact) mass is 227 g/mol. The molecular weight excluding hydrogens is 214 g/mol. The van der Waals surface area contributed by atoms with E-state index in [9.17, 15) is 9.59 Å². The fourth-order valence-electron chi connectivity index (χ4n) is 1.09. The summed E-state index contributed by atoms with van der Waals surface area (Å²) < 4.78 is 0. The summed E-state index contributed by atoms with van der Waals surface area (Å²) in [5.74, 6) is -1.28. The molecule has 1 rings (SSSR count). The van der Waals surface area contributed by atoms with Crippen molar-refractivity contribution in [1.29, 1.82) is 0 Å². The number of carbonyl (C=O) groups excluding carboxylic acids is 1. The van der Waals surface area contributed by atoms with Crippen LogP contribution in [-0.2, 0) is 16.0 Å². The Morgan fingerprint density at radius 1 is 1.53 bits per heavy atom. The molecule has 2 N–H and O–H groups in total. The average molecular weight is 227 g/mol. The molecule has 0 aliphatic carbocycles. The number of thiophene rings is 1. The van der Waals surface area contributed by atoms with Crippen LogP contribution in [0.25, 0.3) is 0 Å². The van der Waals surface area contributed by atoms with Crippen LogP contribution in [0.4, 0.5) is 0 Å². The Morgan fingerprint density at radius 2 is 2.20 bits per heavy atom. The Morgan fingerprint density at radius 3 is 2.67 bits per heavy atom. The maximum atomic E-state index is 11.4. The molecule has 0 radical (unpaired) electrons. The lowest BCUT2D eigenvalue weighted by molar-refractivity contribution is -0.141. The number of carboxylic acids is 1. The smallest absolute Gasteiger partial charge is 0.325 e. The van der Waals surface area contributed by atoms with Crippen molar-refractivity contribution >= 4 is 23.2 Å². The lowest BCUT2D eigenvalue weighted by Gasteiger charge is -2.07. The molecule has 82 valence electrons. The van der Waals surface area contributed by atoms with Crippen LogP contribution in [0, 0.1) is 6.92 Å². The van der Waals surface area contributed by atoms with Crippen molar-refractivity contribution < 1.29 is 14.7 Å². The molecule has 0 bridgehead atoms. The van der Waals surface area contributed by atoms with Gasteiger partial charge in [-0.25, -0.2) is 0 Å². The molecule has 0 spiro atoms. The first-order chi connectivity index (χ1) is 6.99. The van der Waals surface area contributed by atoms with Crippen LogP contribution in [0.1, 0.15) is 16.7 Å². The summed E-state index contributed by atoms with van der Waals surface area (Å²) in [6, 6.07) is 2.98. The second-order valence-corrected chi connectivity index (χ2v) is 4.69. The zero-order chi connectivity index (χ0) is 11.4. The Bertz CT molecular complexity index is 372. The lowest BCUT2D eigenvalue weighted by atomic mass is 10.3. The molecule has 0 aromatic carbocycles. The molecule has 0 unspecified atom stereocenters. The minimum atomic E-state index is -1.02. The molecule has 15 heavy (non-hydrogen) atoms. The van der Waals surface area contributed by atoms with Gasteiger partial charge in [0.1, 0.15) is 6.04 Å². The molecule has 1 atom stereocenters. The van der Waals surface area contributed by atoms with Gasteiger partial charge in [-0.1, -0.05) is 0 Å². The Labute approximate surface area is 91.9 Å². The summed E-state index contributed by atoms with van der Waals surface area (Å²) in [6.45, 7) is 3.41. The van der Waals surface area contributed by atoms with Gasteiger partial charge in [0.2, 0.25) is 5.91 Å². The highest BCUT2D eigenvalue weighted by atomic mass is 32.1. The van der Waals surface area contributed by atoms with E-state index in [-0.39, 0.29) is 12.3 Å². The van der Waals surface area contributed by atoms with E-state index in [2.05, 4.69) is 5.32 Å². The fraction of sp³-hybridized carbons (Fsp3) is 0.400. The van der Waals surface area contributed by atoms with Crippen LogP contribution in [0.3, 0.4) is 0 Å². The fourth-order valence-corrected chi connectivity index (χ4v) is 1.98. The van der Waals surface area contributed by atoms with Gasteiger partial charge >= 0.3 is 5.97 Å². The molecule has 1 aromatic heterocycles. The number of nitrogens with one attached hydrogen (secondary N) is 1. The second kappa shape index (κ2) is 4.93. The summed E-state index contributed by atoms with van der Waals surface area (Å²) in [5, 5.41) is 11.0. The minimum absolute atomic E-state index is 0.246. The van der Waals surface area contributed by atoms with Crippen LogP contribution in [0.15, 0.2) is 12.1 Å². The Balaban J connectivity index is 2.46. The van der Waals surface area contributed by atoms with Crippen molar-refractivity contribution in [3.63, 3.8) is 0 Å². The highest BCUT2D eigenvalue weighted by Crippen LogP contribution is 2.15. The standard InChI is InChI=1S/C10H13NO3S/c1-6-3-4-8(15-6)5-9(12)11-7(2)10(13)14/h3-4,7H,5H2,1-2H3,(H,11,12)(H,13,14)/t7-/m1/s1. The van der Waals surface area contributed by atoms with E-state index >= 15 is 0 Å². The summed E-state index contributed by atoms with van der Waals surface area (Å²) in [7, 11) is 0. The summed E-state index contributed by atoms with van der Waals surface area (Å²) in [6.07, 6.45) is 0.246. The van der Waals surface area contributed by atoms with Crippen molar-refractivity contribution in [2.24, 2.45) is 0 Å². The normalized spacial score (nSPS) is 12.1. The maximum Gasteiger partial charge on any atom is 0.325 e. The van der Waals surface area contributed by atoms with Gasteiger partial charge in [0.05, 0.1) is 6.42 Å². The first-order valence-electron chi connectivity index (χ1n) is 4.56. The molecule has 4 nitrogen and oxygen atoms in total. The van der Waals surface area contributed by atoms with Crippen molar-refractivity contribution in [2.45, 2.75) is 26.3 Å². The lowest BCUT2D eigenvalue weighted by Crippen LogP contribution is -2.39. The molecule has 0 fully saturated rings. The highest BCUT2D eigenvalue weighted by Gasteiger charge is 2.14.